The molecule has 1 aromatic carbocycles. The van der Waals surface area contributed by atoms with Gasteiger partial charge in [-0.15, -0.1) is 0 Å². The number of hydrogen-bond acceptors (Lipinski definition) is 4. The number of benzene rings is 1. The molecule has 0 spiro atoms. The van der Waals surface area contributed by atoms with Crippen molar-refractivity contribution in [1.82, 2.24) is 5.43 Å². The molecule has 4 nitrogen and oxygen atoms in total. The fourth-order valence-electron chi connectivity index (χ4n) is 3.33. The summed E-state index contributed by atoms with van der Waals surface area (Å²) in [6.45, 7) is 5.27. The van der Waals surface area contributed by atoms with E-state index in [-0.39, 0.29) is 17.4 Å². The molecule has 112 valence electrons. The minimum absolute atomic E-state index is 0.0706. The van der Waals surface area contributed by atoms with Gasteiger partial charge in [0.25, 0.3) is 0 Å². The van der Waals surface area contributed by atoms with Gasteiger partial charge in [-0.2, -0.15) is 5.10 Å². The number of fused-ring (bicyclic) bond motifs is 1. The molecule has 2 aliphatic rings. The van der Waals surface area contributed by atoms with Crippen LogP contribution in [0, 0.1) is 11.3 Å². The lowest BCUT2D eigenvalue weighted by Crippen LogP contribution is -2.46. The second-order valence-corrected chi connectivity index (χ2v) is 6.81. The molecule has 0 saturated heterocycles. The van der Waals surface area contributed by atoms with Crippen molar-refractivity contribution in [2.75, 3.05) is 6.61 Å². The van der Waals surface area contributed by atoms with Crippen LogP contribution in [0.1, 0.15) is 32.3 Å². The Hall–Kier alpha value is -1.68. The maximum Gasteiger partial charge on any atom is 0.144 e. The summed E-state index contributed by atoms with van der Waals surface area (Å²) in [6.07, 6.45) is 1.61. The number of hydrogen-bond donors (Lipinski definition) is 1. The molecule has 1 fully saturated rings. The van der Waals surface area contributed by atoms with E-state index in [1.165, 1.54) is 0 Å². The fraction of sp³-hybridized carbons (Fsp3) is 0.529. The Bertz CT molecular complexity index is 551. The highest BCUT2D eigenvalue weighted by Crippen LogP contribution is 2.38. The summed E-state index contributed by atoms with van der Waals surface area (Å²) < 4.78 is 5.73. The third-order valence-electron chi connectivity index (χ3n) is 4.27. The molecular formula is C17H22N2O2. The van der Waals surface area contributed by atoms with E-state index in [4.69, 9.17) is 4.74 Å². The average molecular weight is 286 g/mol. The highest BCUT2D eigenvalue weighted by molar-refractivity contribution is 6.08. The van der Waals surface area contributed by atoms with Crippen LogP contribution in [0.4, 0.5) is 0 Å². The maximum atomic E-state index is 12.4. The van der Waals surface area contributed by atoms with E-state index in [9.17, 15) is 4.79 Å². The molecule has 0 bridgehead atoms. The van der Waals surface area contributed by atoms with Crippen LogP contribution in [-0.4, -0.2) is 24.1 Å². The summed E-state index contributed by atoms with van der Waals surface area (Å²) in [4.78, 5) is 12.4. The van der Waals surface area contributed by atoms with Crippen molar-refractivity contribution in [2.24, 2.45) is 16.4 Å². The highest BCUT2D eigenvalue weighted by atomic mass is 16.5. The lowest BCUT2D eigenvalue weighted by Gasteiger charge is -2.36. The van der Waals surface area contributed by atoms with Crippen LogP contribution in [0.3, 0.4) is 0 Å². The standard InChI is InChI=1S/C17H22N2O2/c1-17(2)8-13-16(15(20)9-17)14(19-18-13)11-21-10-12-6-4-3-5-7-12/h3-7,13,16,18H,8-11H2,1-2H3. The molecule has 1 aromatic rings. The summed E-state index contributed by atoms with van der Waals surface area (Å²) in [7, 11) is 0. The van der Waals surface area contributed by atoms with Gasteiger partial charge in [0, 0.05) is 6.42 Å². The molecule has 3 rings (SSSR count). The van der Waals surface area contributed by atoms with E-state index in [0.717, 1.165) is 17.7 Å². The van der Waals surface area contributed by atoms with E-state index >= 15 is 0 Å². The number of carbonyl (C=O) groups excluding carboxylic acids is 1. The van der Waals surface area contributed by atoms with Gasteiger partial charge in [0.1, 0.15) is 5.78 Å². The van der Waals surface area contributed by atoms with Gasteiger partial charge in [-0.05, 0) is 17.4 Å². The van der Waals surface area contributed by atoms with Gasteiger partial charge in [-0.1, -0.05) is 44.2 Å². The van der Waals surface area contributed by atoms with Gasteiger partial charge in [0.2, 0.25) is 0 Å². The molecule has 0 radical (unpaired) electrons. The van der Waals surface area contributed by atoms with Crippen LogP contribution >= 0.6 is 0 Å². The third kappa shape index (κ3) is 3.16. The molecule has 1 aliphatic carbocycles. The third-order valence-corrected chi connectivity index (χ3v) is 4.27. The number of hydrazone groups is 1. The first kappa shape index (κ1) is 14.3. The second kappa shape index (κ2) is 5.60. The summed E-state index contributed by atoms with van der Waals surface area (Å²) in [5.74, 6) is 0.206. The van der Waals surface area contributed by atoms with Crippen LogP contribution in [0.15, 0.2) is 35.4 Å². The molecule has 1 heterocycles. The minimum Gasteiger partial charge on any atom is -0.371 e. The monoisotopic (exact) mass is 286 g/mol. The first-order chi connectivity index (χ1) is 10.1. The lowest BCUT2D eigenvalue weighted by atomic mass is 9.69. The maximum absolute atomic E-state index is 12.4. The van der Waals surface area contributed by atoms with E-state index < -0.39 is 0 Å². The molecule has 1 saturated carbocycles. The second-order valence-electron chi connectivity index (χ2n) is 6.81. The first-order valence-electron chi connectivity index (χ1n) is 7.51. The zero-order valence-electron chi connectivity index (χ0n) is 12.6. The van der Waals surface area contributed by atoms with Gasteiger partial charge < -0.3 is 10.2 Å². The van der Waals surface area contributed by atoms with Crippen LogP contribution in [-0.2, 0) is 16.1 Å². The highest BCUT2D eigenvalue weighted by Gasteiger charge is 2.45. The Morgan fingerprint density at radius 3 is 2.81 bits per heavy atom. The van der Waals surface area contributed by atoms with E-state index in [0.29, 0.717) is 25.4 Å². The molecule has 2 atom stereocenters. The van der Waals surface area contributed by atoms with Crippen LogP contribution in [0.25, 0.3) is 0 Å². The topological polar surface area (TPSA) is 50.7 Å². The van der Waals surface area contributed by atoms with E-state index in [1.807, 2.05) is 30.3 Å². The first-order valence-corrected chi connectivity index (χ1v) is 7.51. The predicted octanol–water partition coefficient (Wildman–Crippen LogP) is 2.54. The van der Waals surface area contributed by atoms with Crippen LogP contribution in [0.5, 0.6) is 0 Å². The largest absolute Gasteiger partial charge is 0.371 e. The number of carbonyl (C=O) groups is 1. The van der Waals surface area contributed by atoms with Crippen molar-refractivity contribution >= 4 is 11.5 Å². The quantitative estimate of drug-likeness (QED) is 0.925. The van der Waals surface area contributed by atoms with E-state index in [1.54, 1.807) is 0 Å². The zero-order chi connectivity index (χ0) is 14.9. The Morgan fingerprint density at radius 2 is 2.05 bits per heavy atom. The number of nitrogens with one attached hydrogen (secondary N) is 1. The molecule has 1 N–H and O–H groups in total. The Labute approximate surface area is 125 Å². The van der Waals surface area contributed by atoms with E-state index in [2.05, 4.69) is 24.4 Å². The van der Waals surface area contributed by atoms with Crippen molar-refractivity contribution in [1.29, 1.82) is 0 Å². The summed E-state index contributed by atoms with van der Waals surface area (Å²) in [5.41, 5.74) is 5.19. The summed E-state index contributed by atoms with van der Waals surface area (Å²) >= 11 is 0. The molecule has 4 heteroatoms. The van der Waals surface area contributed by atoms with Gasteiger partial charge in [-0.25, -0.2) is 0 Å². The molecule has 0 amide bonds. The van der Waals surface area contributed by atoms with Crippen molar-refractivity contribution < 1.29 is 9.53 Å². The molecular weight excluding hydrogens is 264 g/mol. The Balaban J connectivity index is 1.57. The van der Waals surface area contributed by atoms with Crippen LogP contribution < -0.4 is 5.43 Å². The van der Waals surface area contributed by atoms with Crippen LogP contribution in [0.2, 0.25) is 0 Å². The molecule has 2 unspecified atom stereocenters. The molecule has 21 heavy (non-hydrogen) atoms. The van der Waals surface area contributed by atoms with Crippen molar-refractivity contribution in [2.45, 2.75) is 39.3 Å². The Kier molecular flexibility index (Phi) is 3.81. The number of ether oxygens (including phenoxy) is 1. The van der Waals surface area contributed by atoms with Gasteiger partial charge in [0.15, 0.2) is 0 Å². The van der Waals surface area contributed by atoms with Gasteiger partial charge in [0.05, 0.1) is 30.9 Å². The summed E-state index contributed by atoms with van der Waals surface area (Å²) in [6, 6.07) is 10.2. The number of Topliss-reactive ketones (excluding diaryl/α,β-unsaturated/α-hetero) is 1. The predicted molar refractivity (Wildman–Crippen MR) is 82.0 cm³/mol. The Morgan fingerprint density at radius 1 is 1.29 bits per heavy atom. The normalized spacial score (nSPS) is 27.0. The minimum atomic E-state index is -0.0891. The smallest absolute Gasteiger partial charge is 0.144 e. The van der Waals surface area contributed by atoms with Crippen molar-refractivity contribution in [3.8, 4) is 0 Å². The zero-order valence-corrected chi connectivity index (χ0v) is 12.6. The summed E-state index contributed by atoms with van der Waals surface area (Å²) in [5, 5.41) is 4.35. The fourth-order valence-corrected chi connectivity index (χ4v) is 3.33. The number of ketones is 1. The van der Waals surface area contributed by atoms with Gasteiger partial charge in [-0.3, -0.25) is 4.79 Å². The lowest BCUT2D eigenvalue weighted by molar-refractivity contribution is -0.126. The molecule has 0 aromatic heterocycles. The van der Waals surface area contributed by atoms with Crippen molar-refractivity contribution in [3.63, 3.8) is 0 Å². The van der Waals surface area contributed by atoms with Gasteiger partial charge >= 0.3 is 0 Å². The molecule has 1 aliphatic heterocycles. The average Bonchev–Trinajstić information content (AvgIpc) is 2.81. The SMILES string of the molecule is CC1(C)CC(=O)C2C(COCc3ccccc3)=NNC2C1. The number of nitrogens with zero attached hydrogens (tertiary/aromatic N) is 1. The van der Waals surface area contributed by atoms with Crippen molar-refractivity contribution in [3.05, 3.63) is 35.9 Å². The number of rotatable bonds is 4.